The third-order valence-corrected chi connectivity index (χ3v) is 4.99. The van der Waals surface area contributed by atoms with Crippen LogP contribution in [0.15, 0.2) is 35.0 Å². The standard InChI is InChI=1S/C17H11FNOSSi/c1-3-4-11-5-6-16-13(7-11)14-8-12(10(2)19-22-20)15(18)9-17(14)21-16/h5-9H,1-2H3. The Hall–Kier alpha value is -2.16. The molecule has 0 spiro atoms. The molecule has 0 amide bonds. The van der Waals surface area contributed by atoms with Crippen molar-refractivity contribution in [2.45, 2.75) is 13.8 Å². The van der Waals surface area contributed by atoms with Crippen LogP contribution in [-0.2, 0) is 4.46 Å². The molecule has 107 valence electrons. The van der Waals surface area contributed by atoms with Gasteiger partial charge in [0.25, 0.3) is 0 Å². The van der Waals surface area contributed by atoms with Gasteiger partial charge in [-0.2, -0.15) is 0 Å². The Labute approximate surface area is 133 Å². The highest BCUT2D eigenvalue weighted by Crippen LogP contribution is 2.35. The van der Waals surface area contributed by atoms with Gasteiger partial charge in [-0.25, -0.2) is 4.39 Å². The molecule has 1 aromatic heterocycles. The highest BCUT2D eigenvalue weighted by Gasteiger charge is 2.12. The van der Waals surface area contributed by atoms with Crippen LogP contribution >= 0.6 is 11.3 Å². The molecule has 1 radical (unpaired) electrons. The fourth-order valence-corrected chi connectivity index (χ4v) is 3.78. The molecule has 0 aliphatic carbocycles. The lowest BCUT2D eigenvalue weighted by molar-refractivity contribution is 0.578. The van der Waals surface area contributed by atoms with Crippen molar-refractivity contribution in [2.75, 3.05) is 0 Å². The zero-order valence-corrected chi connectivity index (χ0v) is 13.8. The zero-order valence-electron chi connectivity index (χ0n) is 12.0. The molecule has 0 atom stereocenters. The number of rotatable bonds is 2. The summed E-state index contributed by atoms with van der Waals surface area (Å²) in [6.45, 7) is 3.46. The van der Waals surface area contributed by atoms with Crippen molar-refractivity contribution in [1.82, 2.24) is 0 Å². The van der Waals surface area contributed by atoms with Crippen LogP contribution in [-0.4, -0.2) is 15.3 Å². The van der Waals surface area contributed by atoms with Crippen LogP contribution in [0.3, 0.4) is 0 Å². The molecule has 0 saturated heterocycles. The van der Waals surface area contributed by atoms with Crippen LogP contribution in [0.2, 0.25) is 0 Å². The van der Waals surface area contributed by atoms with E-state index < -0.39 is 9.57 Å². The highest BCUT2D eigenvalue weighted by atomic mass is 32.1. The molecule has 2 nitrogen and oxygen atoms in total. The molecular weight excluding hydrogens is 313 g/mol. The lowest BCUT2D eigenvalue weighted by Crippen LogP contribution is -1.99. The first-order valence-corrected chi connectivity index (χ1v) is 8.31. The minimum Gasteiger partial charge on any atom is -0.352 e. The number of fused-ring (bicyclic) bond motifs is 3. The van der Waals surface area contributed by atoms with Crippen LogP contribution in [0.1, 0.15) is 25.0 Å². The second-order valence-electron chi connectivity index (χ2n) is 4.80. The number of nitrogens with zero attached hydrogens (tertiary/aromatic N) is 1. The Morgan fingerprint density at radius 2 is 2.00 bits per heavy atom. The van der Waals surface area contributed by atoms with Gasteiger partial charge >= 0.3 is 9.57 Å². The van der Waals surface area contributed by atoms with Crippen LogP contribution in [0.5, 0.6) is 0 Å². The molecule has 2 aromatic carbocycles. The quantitative estimate of drug-likeness (QED) is 0.392. The molecular formula is C17H11FNOSSi. The monoisotopic (exact) mass is 324 g/mol. The normalized spacial score (nSPS) is 11.5. The molecule has 0 unspecified atom stereocenters. The molecule has 3 aromatic rings. The van der Waals surface area contributed by atoms with Crippen LogP contribution in [0.25, 0.3) is 20.2 Å². The maximum Gasteiger partial charge on any atom is 0.491 e. The smallest absolute Gasteiger partial charge is 0.352 e. The molecule has 22 heavy (non-hydrogen) atoms. The number of hydrogen-bond acceptors (Lipinski definition) is 2. The van der Waals surface area contributed by atoms with E-state index in [1.165, 1.54) is 6.07 Å². The van der Waals surface area contributed by atoms with Crippen LogP contribution < -0.4 is 0 Å². The van der Waals surface area contributed by atoms with Crippen molar-refractivity contribution in [2.24, 2.45) is 4.66 Å². The van der Waals surface area contributed by atoms with Crippen molar-refractivity contribution < 1.29 is 8.85 Å². The summed E-state index contributed by atoms with van der Waals surface area (Å²) in [5.41, 5.74) is 1.77. The summed E-state index contributed by atoms with van der Waals surface area (Å²) in [5, 5.41) is 2.03. The van der Waals surface area contributed by atoms with Gasteiger partial charge < -0.3 is 4.46 Å². The van der Waals surface area contributed by atoms with Crippen molar-refractivity contribution in [1.29, 1.82) is 0 Å². The van der Waals surface area contributed by atoms with Gasteiger partial charge in [0, 0.05) is 37.0 Å². The molecule has 0 aliphatic heterocycles. The minimum absolute atomic E-state index is 0.341. The van der Waals surface area contributed by atoms with E-state index in [9.17, 15) is 8.85 Å². The third-order valence-electron chi connectivity index (χ3n) is 3.43. The highest BCUT2D eigenvalue weighted by molar-refractivity contribution is 7.25. The molecule has 0 fully saturated rings. The van der Waals surface area contributed by atoms with Gasteiger partial charge in [-0.05, 0) is 44.2 Å². The Morgan fingerprint density at radius 3 is 2.73 bits per heavy atom. The number of halogens is 1. The SMILES string of the molecule is CC#Cc1ccc2sc3cc(F)c(C(C)=N[Si]=O)cc3c2c1. The summed E-state index contributed by atoms with van der Waals surface area (Å²) >= 11 is 1.55. The fourth-order valence-electron chi connectivity index (χ4n) is 2.43. The average Bonchev–Trinajstić information content (AvgIpc) is 2.83. The number of benzene rings is 2. The second-order valence-corrected chi connectivity index (χ2v) is 6.29. The van der Waals surface area contributed by atoms with E-state index in [1.807, 2.05) is 18.2 Å². The second kappa shape index (κ2) is 5.91. The van der Waals surface area contributed by atoms with Crippen molar-refractivity contribution >= 4 is 46.8 Å². The van der Waals surface area contributed by atoms with Crippen molar-refractivity contribution in [3.8, 4) is 11.8 Å². The third kappa shape index (κ3) is 2.52. The van der Waals surface area contributed by atoms with Crippen molar-refractivity contribution in [3.05, 3.63) is 47.3 Å². The predicted octanol–water partition coefficient (Wildman–Crippen LogP) is 4.34. The average molecular weight is 324 g/mol. The minimum atomic E-state index is -0.821. The first-order chi connectivity index (χ1) is 10.6. The molecule has 3 rings (SSSR count). The van der Waals surface area contributed by atoms with Crippen molar-refractivity contribution in [3.63, 3.8) is 0 Å². The lowest BCUT2D eigenvalue weighted by atomic mass is 10.0. The van der Waals surface area contributed by atoms with Gasteiger partial charge in [0.1, 0.15) is 5.82 Å². The van der Waals surface area contributed by atoms with E-state index in [-0.39, 0.29) is 5.82 Å². The van der Waals surface area contributed by atoms with Crippen LogP contribution in [0, 0.1) is 17.7 Å². The van der Waals surface area contributed by atoms with Gasteiger partial charge in [-0.3, -0.25) is 4.66 Å². The predicted molar refractivity (Wildman–Crippen MR) is 90.5 cm³/mol. The van der Waals surface area contributed by atoms with Gasteiger partial charge in [0.15, 0.2) is 0 Å². The summed E-state index contributed by atoms with van der Waals surface area (Å²) in [5.74, 6) is 5.58. The van der Waals surface area contributed by atoms with Gasteiger partial charge in [-0.15, -0.1) is 17.3 Å². The maximum atomic E-state index is 14.2. The van der Waals surface area contributed by atoms with Gasteiger partial charge in [0.2, 0.25) is 0 Å². The molecule has 1 heterocycles. The largest absolute Gasteiger partial charge is 0.491 e. The molecule has 0 saturated carbocycles. The number of thiophene rings is 1. The Balaban J connectivity index is 2.34. The zero-order chi connectivity index (χ0) is 15.7. The Morgan fingerprint density at radius 1 is 1.23 bits per heavy atom. The Bertz CT molecular complexity index is 994. The first-order valence-electron chi connectivity index (χ1n) is 6.64. The van der Waals surface area contributed by atoms with E-state index in [0.717, 1.165) is 25.7 Å². The number of hydrogen-bond donors (Lipinski definition) is 0. The summed E-state index contributed by atoms with van der Waals surface area (Å²) in [4.78, 5) is 0. The topological polar surface area (TPSA) is 29.4 Å². The summed E-state index contributed by atoms with van der Waals surface area (Å²) in [6.07, 6.45) is 0. The first kappa shape index (κ1) is 14.8. The molecule has 0 aliphatic rings. The van der Waals surface area contributed by atoms with E-state index in [4.69, 9.17) is 0 Å². The van der Waals surface area contributed by atoms with E-state index in [1.54, 1.807) is 31.3 Å². The molecule has 5 heteroatoms. The molecule has 0 bridgehead atoms. The van der Waals surface area contributed by atoms with Crippen LogP contribution in [0.4, 0.5) is 4.39 Å². The summed E-state index contributed by atoms with van der Waals surface area (Å²) in [7, 11) is -0.821. The Kier molecular flexibility index (Phi) is 3.97. The fraction of sp³-hybridized carbons (Fsp3) is 0.118. The van der Waals surface area contributed by atoms with Gasteiger partial charge in [-0.1, -0.05) is 5.92 Å². The summed E-state index contributed by atoms with van der Waals surface area (Å²) in [6, 6.07) is 9.31. The maximum absolute atomic E-state index is 14.2. The summed E-state index contributed by atoms with van der Waals surface area (Å²) < 4.78 is 30.7. The lowest BCUT2D eigenvalue weighted by Gasteiger charge is -2.02. The van der Waals surface area contributed by atoms with E-state index in [2.05, 4.69) is 16.5 Å². The van der Waals surface area contributed by atoms with Gasteiger partial charge in [0.05, 0.1) is 0 Å². The van der Waals surface area contributed by atoms with E-state index in [0.29, 0.717) is 11.3 Å². The van der Waals surface area contributed by atoms with E-state index >= 15 is 0 Å². The molecule has 0 N–H and O–H groups in total.